The maximum absolute atomic E-state index is 13.5. The molecule has 5 nitrogen and oxygen atoms in total. The Morgan fingerprint density at radius 1 is 1.10 bits per heavy atom. The number of thioether (sulfide) groups is 1. The standard InChI is InChI=1S/C23H19Cl2N3O2S/c24-20-8-13(9-21(25)27-20)7-14-10-17-22(16-4-2-1-3-15(14)16)26-12-28(23(17)30)18-5-6-31-11-19(18)29/h1-4,8-10,12,18-19,29H,5-7,11H2/t18-,19-/m0/s1. The van der Waals surface area contributed by atoms with Crippen LogP contribution in [0, 0.1) is 0 Å². The zero-order valence-corrected chi connectivity index (χ0v) is 18.8. The molecule has 1 aliphatic heterocycles. The number of hydrogen-bond donors (Lipinski definition) is 1. The van der Waals surface area contributed by atoms with Gasteiger partial charge >= 0.3 is 0 Å². The summed E-state index contributed by atoms with van der Waals surface area (Å²) in [4.78, 5) is 22.1. The molecule has 3 heterocycles. The number of benzene rings is 2. The van der Waals surface area contributed by atoms with Crippen LogP contribution in [0.15, 0.2) is 53.6 Å². The van der Waals surface area contributed by atoms with E-state index in [-0.39, 0.29) is 11.6 Å². The Labute approximate surface area is 193 Å². The molecule has 2 aromatic heterocycles. The molecule has 1 fully saturated rings. The van der Waals surface area contributed by atoms with Gasteiger partial charge in [-0.2, -0.15) is 11.8 Å². The third-order valence-corrected chi connectivity index (χ3v) is 7.23. The lowest BCUT2D eigenvalue weighted by Crippen LogP contribution is -2.36. The van der Waals surface area contributed by atoms with Gasteiger partial charge in [0.2, 0.25) is 0 Å². The van der Waals surface area contributed by atoms with E-state index >= 15 is 0 Å². The Balaban J connectivity index is 1.71. The van der Waals surface area contributed by atoms with E-state index in [9.17, 15) is 9.90 Å². The SMILES string of the molecule is O=c1c2cc(Cc3cc(Cl)nc(Cl)c3)c3ccccc3c2ncn1[C@H]1CCSC[C@@H]1O. The van der Waals surface area contributed by atoms with Crippen molar-refractivity contribution in [1.29, 1.82) is 0 Å². The van der Waals surface area contributed by atoms with E-state index in [4.69, 9.17) is 23.2 Å². The smallest absolute Gasteiger partial charge is 0.261 e. The summed E-state index contributed by atoms with van der Waals surface area (Å²) in [6, 6.07) is 13.2. The maximum Gasteiger partial charge on any atom is 0.261 e. The summed E-state index contributed by atoms with van der Waals surface area (Å²) in [6.45, 7) is 0. The van der Waals surface area contributed by atoms with E-state index in [1.54, 1.807) is 34.8 Å². The van der Waals surface area contributed by atoms with E-state index in [1.165, 1.54) is 0 Å². The molecule has 8 heteroatoms. The first-order chi connectivity index (χ1) is 15.0. The first-order valence-electron chi connectivity index (χ1n) is 10.0. The summed E-state index contributed by atoms with van der Waals surface area (Å²) in [5.41, 5.74) is 2.45. The van der Waals surface area contributed by atoms with Gasteiger partial charge in [0.15, 0.2) is 0 Å². The molecule has 1 N–H and O–H groups in total. The van der Waals surface area contributed by atoms with Gasteiger partial charge in [0, 0.05) is 11.1 Å². The van der Waals surface area contributed by atoms with E-state index in [2.05, 4.69) is 9.97 Å². The van der Waals surface area contributed by atoms with Crippen molar-refractivity contribution >= 4 is 56.6 Å². The fourth-order valence-corrected chi connectivity index (χ4v) is 5.85. The Kier molecular flexibility index (Phi) is 5.65. The number of nitrogens with zero attached hydrogens (tertiary/aromatic N) is 3. The quantitative estimate of drug-likeness (QED) is 0.340. The van der Waals surface area contributed by atoms with Crippen LogP contribution in [0.5, 0.6) is 0 Å². The number of halogens is 2. The highest BCUT2D eigenvalue weighted by molar-refractivity contribution is 7.99. The second kappa shape index (κ2) is 8.43. The summed E-state index contributed by atoms with van der Waals surface area (Å²) in [6.07, 6.45) is 2.32. The molecule has 0 saturated carbocycles. The second-order valence-corrected chi connectivity index (χ2v) is 9.65. The highest BCUT2D eigenvalue weighted by Crippen LogP contribution is 2.30. The molecule has 31 heavy (non-hydrogen) atoms. The molecular formula is C23H19Cl2N3O2S. The molecule has 0 bridgehead atoms. The van der Waals surface area contributed by atoms with Crippen LogP contribution >= 0.6 is 35.0 Å². The Morgan fingerprint density at radius 2 is 1.84 bits per heavy atom. The summed E-state index contributed by atoms with van der Waals surface area (Å²) >= 11 is 13.9. The number of aromatic nitrogens is 3. The summed E-state index contributed by atoms with van der Waals surface area (Å²) in [7, 11) is 0. The van der Waals surface area contributed by atoms with Crippen LogP contribution in [0.25, 0.3) is 21.7 Å². The molecule has 0 amide bonds. The van der Waals surface area contributed by atoms with Gasteiger partial charge < -0.3 is 5.11 Å². The Morgan fingerprint density at radius 3 is 2.58 bits per heavy atom. The van der Waals surface area contributed by atoms with Crippen LogP contribution in [0.1, 0.15) is 23.6 Å². The van der Waals surface area contributed by atoms with Crippen molar-refractivity contribution in [3.8, 4) is 0 Å². The molecule has 0 radical (unpaired) electrons. The lowest BCUT2D eigenvalue weighted by molar-refractivity contribution is 0.126. The lowest BCUT2D eigenvalue weighted by Gasteiger charge is -2.28. The second-order valence-electron chi connectivity index (χ2n) is 7.73. The van der Waals surface area contributed by atoms with E-state index in [1.807, 2.05) is 30.3 Å². The average molecular weight is 472 g/mol. The number of aliphatic hydroxyl groups is 1. The molecule has 4 aromatic rings. The van der Waals surface area contributed by atoms with E-state index in [0.29, 0.717) is 33.4 Å². The Bertz CT molecular complexity index is 1340. The van der Waals surface area contributed by atoms with Gasteiger partial charge in [-0.15, -0.1) is 0 Å². The van der Waals surface area contributed by atoms with Gasteiger partial charge in [-0.1, -0.05) is 47.5 Å². The van der Waals surface area contributed by atoms with E-state index < -0.39 is 6.10 Å². The van der Waals surface area contributed by atoms with Gasteiger partial charge in [-0.25, -0.2) is 9.97 Å². The fourth-order valence-electron chi connectivity index (χ4n) is 4.30. The normalized spacial score (nSPS) is 19.2. The number of hydrogen-bond acceptors (Lipinski definition) is 5. The summed E-state index contributed by atoms with van der Waals surface area (Å²) in [5, 5.41) is 13.6. The number of pyridine rings is 1. The number of aliphatic hydroxyl groups excluding tert-OH is 1. The Hall–Kier alpha value is -2.12. The van der Waals surface area contributed by atoms with Gasteiger partial charge in [0.25, 0.3) is 5.56 Å². The van der Waals surface area contributed by atoms with Crippen LogP contribution in [-0.4, -0.2) is 37.3 Å². The molecule has 2 aromatic carbocycles. The molecule has 0 unspecified atom stereocenters. The minimum absolute atomic E-state index is 0.126. The van der Waals surface area contributed by atoms with Crippen molar-refractivity contribution in [3.05, 3.63) is 80.6 Å². The van der Waals surface area contributed by atoms with Crippen molar-refractivity contribution in [3.63, 3.8) is 0 Å². The summed E-state index contributed by atoms with van der Waals surface area (Å²) in [5.74, 6) is 1.54. The highest BCUT2D eigenvalue weighted by atomic mass is 35.5. The largest absolute Gasteiger partial charge is 0.390 e. The zero-order valence-electron chi connectivity index (χ0n) is 16.5. The summed E-state index contributed by atoms with van der Waals surface area (Å²) < 4.78 is 1.60. The number of rotatable bonds is 3. The first-order valence-corrected chi connectivity index (χ1v) is 11.9. The highest BCUT2D eigenvalue weighted by Gasteiger charge is 2.26. The van der Waals surface area contributed by atoms with Crippen LogP contribution in [0.4, 0.5) is 0 Å². The van der Waals surface area contributed by atoms with Gasteiger partial charge in [-0.05, 0) is 53.3 Å². The molecule has 0 spiro atoms. The van der Waals surface area contributed by atoms with Gasteiger partial charge in [0.1, 0.15) is 10.3 Å². The minimum Gasteiger partial charge on any atom is -0.390 e. The monoisotopic (exact) mass is 471 g/mol. The van der Waals surface area contributed by atoms with Gasteiger partial charge in [-0.3, -0.25) is 9.36 Å². The molecule has 1 saturated heterocycles. The molecule has 158 valence electrons. The molecule has 2 atom stereocenters. The van der Waals surface area contributed by atoms with Crippen LogP contribution in [0.3, 0.4) is 0 Å². The molecule has 1 aliphatic rings. The maximum atomic E-state index is 13.5. The third kappa shape index (κ3) is 3.94. The fraction of sp³-hybridized carbons (Fsp3) is 0.261. The van der Waals surface area contributed by atoms with Gasteiger partial charge in [0.05, 0.1) is 29.4 Å². The van der Waals surface area contributed by atoms with Crippen molar-refractivity contribution in [2.24, 2.45) is 0 Å². The van der Waals surface area contributed by atoms with E-state index in [0.717, 1.165) is 34.1 Å². The molecule has 5 rings (SSSR count). The van der Waals surface area contributed by atoms with Crippen molar-refractivity contribution in [2.75, 3.05) is 11.5 Å². The average Bonchev–Trinajstić information content (AvgIpc) is 2.75. The zero-order chi connectivity index (χ0) is 21.5. The third-order valence-electron chi connectivity index (χ3n) is 5.74. The topological polar surface area (TPSA) is 68.0 Å². The first kappa shape index (κ1) is 20.8. The van der Waals surface area contributed by atoms with Crippen molar-refractivity contribution in [1.82, 2.24) is 14.5 Å². The van der Waals surface area contributed by atoms with Crippen LogP contribution < -0.4 is 5.56 Å². The minimum atomic E-state index is -0.559. The van der Waals surface area contributed by atoms with Crippen LogP contribution in [0.2, 0.25) is 10.3 Å². The van der Waals surface area contributed by atoms with Crippen LogP contribution in [-0.2, 0) is 6.42 Å². The molecular weight excluding hydrogens is 453 g/mol. The van der Waals surface area contributed by atoms with Crippen molar-refractivity contribution < 1.29 is 5.11 Å². The van der Waals surface area contributed by atoms with Crippen molar-refractivity contribution in [2.45, 2.75) is 25.0 Å². The molecule has 0 aliphatic carbocycles. The number of fused-ring (bicyclic) bond motifs is 3. The lowest BCUT2D eigenvalue weighted by atomic mass is 9.96. The predicted octanol–water partition coefficient (Wildman–Crippen LogP) is 4.88. The predicted molar refractivity (Wildman–Crippen MR) is 128 cm³/mol.